The van der Waals surface area contributed by atoms with Gasteiger partial charge in [0.25, 0.3) is 0 Å². The molecule has 33 heavy (non-hydrogen) atoms. The van der Waals surface area contributed by atoms with Gasteiger partial charge in [-0.3, -0.25) is 4.79 Å². The minimum Gasteiger partial charge on any atom is -0.480 e. The fourth-order valence-electron chi connectivity index (χ4n) is 3.46. The molecule has 3 N–H and O–H groups in total. The van der Waals surface area contributed by atoms with Crippen molar-refractivity contribution in [3.05, 3.63) is 40.4 Å². The summed E-state index contributed by atoms with van der Waals surface area (Å²) in [7, 11) is -4.33. The van der Waals surface area contributed by atoms with Gasteiger partial charge in [-0.2, -0.15) is 13.2 Å². The average molecular weight is 509 g/mol. The summed E-state index contributed by atoms with van der Waals surface area (Å²) in [5.41, 5.74) is 5.84. The van der Waals surface area contributed by atoms with E-state index in [9.17, 15) is 31.5 Å². The van der Waals surface area contributed by atoms with Crippen LogP contribution in [0.25, 0.3) is 0 Å². The number of benzene rings is 1. The number of ether oxygens (including phenoxy) is 1. The zero-order valence-corrected chi connectivity index (χ0v) is 20.3. The molecule has 0 atom stereocenters. The number of aryl methyl sites for hydroxylation is 1. The van der Waals surface area contributed by atoms with Crippen molar-refractivity contribution in [2.45, 2.75) is 61.8 Å². The second kappa shape index (κ2) is 9.59. The molecule has 3 rings (SSSR count). The third-order valence-corrected chi connectivity index (χ3v) is 9.11. The molecule has 0 saturated carbocycles. The van der Waals surface area contributed by atoms with Crippen molar-refractivity contribution in [3.63, 3.8) is 0 Å². The van der Waals surface area contributed by atoms with Gasteiger partial charge in [0.15, 0.2) is 19.7 Å². The second-order valence-corrected chi connectivity index (χ2v) is 11.9. The van der Waals surface area contributed by atoms with Gasteiger partial charge >= 0.3 is 12.1 Å². The van der Waals surface area contributed by atoms with E-state index >= 15 is 0 Å². The molecule has 0 aliphatic carbocycles. The summed E-state index contributed by atoms with van der Waals surface area (Å²) in [6.45, 7) is 8.46. The first-order chi connectivity index (χ1) is 15.0. The van der Waals surface area contributed by atoms with Crippen LogP contribution in [0.4, 0.5) is 18.3 Å². The number of nitrogens with zero attached hydrogens (tertiary/aromatic N) is 1. The van der Waals surface area contributed by atoms with Crippen LogP contribution >= 0.6 is 11.3 Å². The third-order valence-electron chi connectivity index (χ3n) is 5.19. The Kier molecular flexibility index (Phi) is 7.87. The number of sulfone groups is 1. The molecule has 0 unspecified atom stereocenters. The van der Waals surface area contributed by atoms with Crippen LogP contribution in [0.5, 0.6) is 0 Å². The number of nitrogen functional groups attached to an aromatic ring is 1. The number of anilines is 1. The molecule has 0 amide bonds. The number of nitrogens with two attached hydrogens (primary N) is 1. The molecule has 12 heteroatoms. The van der Waals surface area contributed by atoms with E-state index in [4.69, 9.17) is 10.5 Å². The Labute approximate surface area is 194 Å². The molecule has 2 heterocycles. The molecule has 1 saturated heterocycles. The summed E-state index contributed by atoms with van der Waals surface area (Å²) in [6, 6.07) is 2.83. The number of carbonyl (C=O) groups is 1. The van der Waals surface area contributed by atoms with Crippen LogP contribution in [0.15, 0.2) is 29.2 Å². The quantitative estimate of drug-likeness (QED) is 0.629. The van der Waals surface area contributed by atoms with Gasteiger partial charge in [-0.15, -0.1) is 11.3 Å². The SMILES string of the molecule is Cc1nc(N)sc1C(C)(C)C.O=C(O)C1(S(=O)(=O)c2ccc(C(F)(F)F)cc2)CCOCC1. The molecule has 7 nitrogen and oxygen atoms in total. The summed E-state index contributed by atoms with van der Waals surface area (Å²) in [6.07, 6.45) is -5.08. The Morgan fingerprint density at radius 1 is 1.15 bits per heavy atom. The van der Waals surface area contributed by atoms with E-state index in [2.05, 4.69) is 25.8 Å². The van der Waals surface area contributed by atoms with E-state index in [0.717, 1.165) is 17.8 Å². The number of carboxylic acid groups (broad SMARTS) is 1. The fraction of sp³-hybridized carbons (Fsp3) is 0.524. The standard InChI is InChI=1S/C13H13F3O5S.C8H14N2S/c14-13(15,16)9-1-3-10(4-2-9)22(19,20)12(11(17)18)5-7-21-8-6-12;1-5-6(8(2,3)4)11-7(9)10-5/h1-4H,5-8H2,(H,17,18);1-4H3,(H2,9,10). The van der Waals surface area contributed by atoms with Gasteiger partial charge in [0.2, 0.25) is 0 Å². The van der Waals surface area contributed by atoms with Crippen molar-refractivity contribution in [2.75, 3.05) is 18.9 Å². The number of rotatable bonds is 3. The maximum atomic E-state index is 12.6. The van der Waals surface area contributed by atoms with Crippen molar-refractivity contribution in [3.8, 4) is 0 Å². The highest BCUT2D eigenvalue weighted by Gasteiger charge is 2.52. The molecule has 0 bridgehead atoms. The zero-order valence-electron chi connectivity index (χ0n) is 18.7. The van der Waals surface area contributed by atoms with E-state index in [1.807, 2.05) is 6.92 Å². The van der Waals surface area contributed by atoms with Crippen molar-refractivity contribution in [1.82, 2.24) is 4.98 Å². The van der Waals surface area contributed by atoms with Gasteiger partial charge in [0.1, 0.15) is 0 Å². The van der Waals surface area contributed by atoms with E-state index in [1.165, 1.54) is 4.88 Å². The zero-order chi connectivity index (χ0) is 25.2. The van der Waals surface area contributed by atoms with Gasteiger partial charge in [0.05, 0.1) is 16.2 Å². The van der Waals surface area contributed by atoms with E-state index in [0.29, 0.717) is 17.3 Å². The molecule has 2 aromatic rings. The van der Waals surface area contributed by atoms with Crippen molar-refractivity contribution in [1.29, 1.82) is 0 Å². The Morgan fingerprint density at radius 2 is 1.67 bits per heavy atom. The summed E-state index contributed by atoms with van der Waals surface area (Å²) < 4.78 is 65.7. The number of alkyl halides is 3. The lowest BCUT2D eigenvalue weighted by atomic mass is 9.94. The number of hydrogen-bond acceptors (Lipinski definition) is 7. The lowest BCUT2D eigenvalue weighted by Crippen LogP contribution is -2.50. The lowest BCUT2D eigenvalue weighted by Gasteiger charge is -2.32. The van der Waals surface area contributed by atoms with E-state index in [-0.39, 0.29) is 31.5 Å². The lowest BCUT2D eigenvalue weighted by molar-refractivity contribution is -0.142. The molecule has 1 aliphatic heterocycles. The molecule has 1 aromatic heterocycles. The van der Waals surface area contributed by atoms with Gasteiger partial charge < -0.3 is 15.6 Å². The number of halogens is 3. The summed E-state index contributed by atoms with van der Waals surface area (Å²) in [4.78, 5) is 16.5. The van der Waals surface area contributed by atoms with Crippen molar-refractivity contribution >= 4 is 32.3 Å². The molecule has 1 aliphatic rings. The van der Waals surface area contributed by atoms with Crippen LogP contribution in [-0.4, -0.2) is 42.4 Å². The molecular weight excluding hydrogens is 481 g/mol. The highest BCUT2D eigenvalue weighted by molar-refractivity contribution is 7.93. The molecular formula is C21H27F3N2O5S2. The van der Waals surface area contributed by atoms with E-state index < -0.39 is 37.2 Å². The minimum atomic E-state index is -4.59. The van der Waals surface area contributed by atoms with E-state index in [1.54, 1.807) is 11.3 Å². The number of thiazole rings is 1. The highest BCUT2D eigenvalue weighted by atomic mass is 32.2. The van der Waals surface area contributed by atoms with Crippen molar-refractivity contribution < 1.29 is 36.2 Å². The first kappa shape index (κ1) is 27.1. The number of aliphatic carboxylic acids is 1. The van der Waals surface area contributed by atoms with Crippen LogP contribution < -0.4 is 5.73 Å². The largest absolute Gasteiger partial charge is 0.480 e. The monoisotopic (exact) mass is 508 g/mol. The number of hydrogen-bond donors (Lipinski definition) is 2. The summed E-state index contributed by atoms with van der Waals surface area (Å²) in [5.74, 6) is -1.52. The normalized spacial score (nSPS) is 16.6. The van der Waals surface area contributed by atoms with Gasteiger partial charge in [0, 0.05) is 30.9 Å². The van der Waals surface area contributed by atoms with Crippen LogP contribution in [0, 0.1) is 6.92 Å². The van der Waals surface area contributed by atoms with Crippen LogP contribution in [0.2, 0.25) is 0 Å². The number of carboxylic acids is 1. The first-order valence-electron chi connectivity index (χ1n) is 9.99. The topological polar surface area (TPSA) is 120 Å². The molecule has 0 spiro atoms. The smallest absolute Gasteiger partial charge is 0.416 e. The molecule has 1 fully saturated rings. The Hall–Kier alpha value is -2.18. The van der Waals surface area contributed by atoms with Crippen LogP contribution in [0.1, 0.15) is 49.7 Å². The van der Waals surface area contributed by atoms with Crippen LogP contribution in [-0.2, 0) is 31.0 Å². The predicted molar refractivity (Wildman–Crippen MR) is 119 cm³/mol. The van der Waals surface area contributed by atoms with Crippen LogP contribution in [0.3, 0.4) is 0 Å². The Balaban J connectivity index is 0.000000294. The maximum Gasteiger partial charge on any atom is 0.416 e. The van der Waals surface area contributed by atoms with Gasteiger partial charge in [-0.25, -0.2) is 13.4 Å². The maximum absolute atomic E-state index is 12.6. The third kappa shape index (κ3) is 5.85. The number of aromatic nitrogens is 1. The second-order valence-electron chi connectivity index (χ2n) is 8.65. The molecule has 184 valence electrons. The van der Waals surface area contributed by atoms with Gasteiger partial charge in [-0.1, -0.05) is 20.8 Å². The minimum absolute atomic E-state index is 0.0356. The molecule has 1 aromatic carbocycles. The summed E-state index contributed by atoms with van der Waals surface area (Å²) >= 11 is 1.59. The Bertz CT molecular complexity index is 1080. The predicted octanol–water partition coefficient (Wildman–Crippen LogP) is 4.44. The van der Waals surface area contributed by atoms with Crippen molar-refractivity contribution in [2.24, 2.45) is 0 Å². The summed E-state index contributed by atoms with van der Waals surface area (Å²) in [5, 5.41) is 10.0. The first-order valence-corrected chi connectivity index (χ1v) is 12.3. The Morgan fingerprint density at radius 3 is 2.00 bits per heavy atom. The fourth-order valence-corrected chi connectivity index (χ4v) is 6.23. The average Bonchev–Trinajstić information content (AvgIpc) is 3.07. The van der Waals surface area contributed by atoms with Gasteiger partial charge in [-0.05, 0) is 36.6 Å². The molecule has 0 radical (unpaired) electrons. The highest BCUT2D eigenvalue weighted by Crippen LogP contribution is 2.37.